The number of ether oxygens (including phenoxy) is 1. The number of aliphatic hydroxyl groups is 1. The van der Waals surface area contributed by atoms with Crippen molar-refractivity contribution in [2.75, 3.05) is 25.6 Å². The maximum Gasteiger partial charge on any atom is 0.432 e. The average molecular weight is 291 g/mol. The number of nitrogens with zero attached hydrogens (tertiary/aromatic N) is 1. The summed E-state index contributed by atoms with van der Waals surface area (Å²) in [5, 5.41) is 9.84. The molecule has 0 aliphatic carbocycles. The highest BCUT2D eigenvalue weighted by Gasteiger charge is 2.62. The highest BCUT2D eigenvalue weighted by Crippen LogP contribution is 2.40. The minimum absolute atomic E-state index is 0.257. The lowest BCUT2D eigenvalue weighted by molar-refractivity contribution is -0.267. The first-order valence-electron chi connectivity index (χ1n) is 5.88. The van der Waals surface area contributed by atoms with Crippen LogP contribution in [0.5, 0.6) is 0 Å². The highest BCUT2D eigenvalue weighted by molar-refractivity contribution is 5.82. The van der Waals surface area contributed by atoms with Crippen molar-refractivity contribution < 1.29 is 27.8 Å². The van der Waals surface area contributed by atoms with E-state index in [9.17, 15) is 23.1 Å². The van der Waals surface area contributed by atoms with E-state index < -0.39 is 23.3 Å². The Bertz CT molecular complexity index is 471. The number of halogens is 3. The molecule has 0 unspecified atom stereocenters. The number of carbonyl (C=O) groups excluding carboxylic acids is 1. The van der Waals surface area contributed by atoms with Crippen LogP contribution in [-0.2, 0) is 15.1 Å². The number of esters is 1. The first-order valence-corrected chi connectivity index (χ1v) is 5.88. The summed E-state index contributed by atoms with van der Waals surface area (Å²) in [5.74, 6) is -1.73. The van der Waals surface area contributed by atoms with Gasteiger partial charge in [-0.3, -0.25) is 0 Å². The van der Waals surface area contributed by atoms with Crippen LogP contribution in [-0.4, -0.2) is 38.0 Å². The third-order valence-corrected chi connectivity index (χ3v) is 2.78. The third kappa shape index (κ3) is 2.87. The monoisotopic (exact) mass is 291 g/mol. The maximum absolute atomic E-state index is 13.1. The molecular weight excluding hydrogens is 275 g/mol. The lowest BCUT2D eigenvalue weighted by Crippen LogP contribution is -2.50. The molecular formula is C13H16F3NO3. The molecule has 0 aliphatic heterocycles. The molecule has 1 aromatic carbocycles. The first-order chi connectivity index (χ1) is 9.14. The van der Waals surface area contributed by atoms with Gasteiger partial charge in [-0.05, 0) is 19.1 Å². The standard InChI is InChI=1S/C13H16F3NO3/c1-4-20-11(18)12(19,13(14,15)16)9-5-7-10(8-6-9)17(2)3/h5-8,19H,4H2,1-3H3/t12-/m0/s1. The summed E-state index contributed by atoms with van der Waals surface area (Å²) in [6, 6.07) is 4.87. The van der Waals surface area contributed by atoms with E-state index in [-0.39, 0.29) is 6.61 Å². The quantitative estimate of drug-likeness (QED) is 0.863. The van der Waals surface area contributed by atoms with Gasteiger partial charge in [0.05, 0.1) is 6.61 Å². The number of hydrogen-bond donors (Lipinski definition) is 1. The third-order valence-electron chi connectivity index (χ3n) is 2.78. The molecule has 7 heteroatoms. The number of carbonyl (C=O) groups is 1. The predicted molar refractivity (Wildman–Crippen MR) is 67.4 cm³/mol. The second-order valence-corrected chi connectivity index (χ2v) is 4.37. The molecule has 0 bridgehead atoms. The van der Waals surface area contributed by atoms with E-state index in [4.69, 9.17) is 0 Å². The van der Waals surface area contributed by atoms with Gasteiger partial charge in [-0.25, -0.2) is 4.79 Å². The van der Waals surface area contributed by atoms with Gasteiger partial charge >= 0.3 is 12.1 Å². The number of benzene rings is 1. The molecule has 0 heterocycles. The fourth-order valence-corrected chi connectivity index (χ4v) is 1.63. The number of hydrogen-bond acceptors (Lipinski definition) is 4. The van der Waals surface area contributed by atoms with Crippen molar-refractivity contribution in [3.05, 3.63) is 29.8 Å². The summed E-state index contributed by atoms with van der Waals surface area (Å²) < 4.78 is 43.5. The van der Waals surface area contributed by atoms with Crippen LogP contribution in [0.4, 0.5) is 18.9 Å². The van der Waals surface area contributed by atoms with Crippen molar-refractivity contribution in [2.24, 2.45) is 0 Å². The fraction of sp³-hybridized carbons (Fsp3) is 0.462. The average Bonchev–Trinajstić information content (AvgIpc) is 2.36. The molecule has 1 rings (SSSR count). The van der Waals surface area contributed by atoms with Crippen LogP contribution in [0, 0.1) is 0 Å². The summed E-state index contributed by atoms with van der Waals surface area (Å²) >= 11 is 0. The largest absolute Gasteiger partial charge is 0.463 e. The summed E-state index contributed by atoms with van der Waals surface area (Å²) in [7, 11) is 3.44. The van der Waals surface area contributed by atoms with Crippen LogP contribution >= 0.6 is 0 Å². The molecule has 0 saturated carbocycles. The molecule has 1 atom stereocenters. The Kier molecular flexibility index (Phi) is 4.65. The van der Waals surface area contributed by atoms with Gasteiger partial charge in [-0.15, -0.1) is 0 Å². The Hall–Kier alpha value is -1.76. The van der Waals surface area contributed by atoms with Crippen molar-refractivity contribution in [3.63, 3.8) is 0 Å². The van der Waals surface area contributed by atoms with E-state index in [0.29, 0.717) is 5.69 Å². The Morgan fingerprint density at radius 2 is 1.75 bits per heavy atom. The maximum atomic E-state index is 13.1. The van der Waals surface area contributed by atoms with Crippen LogP contribution in [0.25, 0.3) is 0 Å². The van der Waals surface area contributed by atoms with Crippen LogP contribution in [0.15, 0.2) is 24.3 Å². The van der Waals surface area contributed by atoms with Crippen molar-refractivity contribution in [2.45, 2.75) is 18.7 Å². The van der Waals surface area contributed by atoms with Crippen LogP contribution in [0.2, 0.25) is 0 Å². The Morgan fingerprint density at radius 1 is 1.25 bits per heavy atom. The van der Waals surface area contributed by atoms with Gasteiger partial charge in [0.15, 0.2) is 0 Å². The minimum atomic E-state index is -5.17. The molecule has 4 nitrogen and oxygen atoms in total. The molecule has 20 heavy (non-hydrogen) atoms. The predicted octanol–water partition coefficient (Wildman–Crippen LogP) is 2.07. The summed E-state index contributed by atoms with van der Waals surface area (Å²) in [5.41, 5.74) is -3.59. The van der Waals surface area contributed by atoms with Gasteiger partial charge in [0.2, 0.25) is 0 Å². The van der Waals surface area contributed by atoms with Gasteiger partial charge in [0.1, 0.15) is 0 Å². The van der Waals surface area contributed by atoms with Crippen LogP contribution in [0.3, 0.4) is 0 Å². The Balaban J connectivity index is 3.28. The summed E-state index contributed by atoms with van der Waals surface area (Å²) in [6.07, 6.45) is -5.17. The van der Waals surface area contributed by atoms with Crippen molar-refractivity contribution in [3.8, 4) is 0 Å². The minimum Gasteiger partial charge on any atom is -0.463 e. The van der Waals surface area contributed by atoms with Gasteiger partial charge < -0.3 is 14.7 Å². The van der Waals surface area contributed by atoms with E-state index in [1.165, 1.54) is 19.1 Å². The number of anilines is 1. The first kappa shape index (κ1) is 16.3. The fourth-order valence-electron chi connectivity index (χ4n) is 1.63. The molecule has 0 aromatic heterocycles. The SMILES string of the molecule is CCOC(=O)[C@@](O)(c1ccc(N(C)C)cc1)C(F)(F)F. The zero-order chi connectivity index (χ0) is 15.6. The Morgan fingerprint density at radius 3 is 2.10 bits per heavy atom. The molecule has 1 aromatic rings. The van der Waals surface area contributed by atoms with Gasteiger partial charge in [-0.1, -0.05) is 12.1 Å². The Labute approximate surface area is 114 Å². The lowest BCUT2D eigenvalue weighted by atomic mass is 9.93. The molecule has 1 N–H and O–H groups in total. The van der Waals surface area contributed by atoms with E-state index in [0.717, 1.165) is 12.1 Å². The second kappa shape index (κ2) is 5.70. The van der Waals surface area contributed by atoms with Crippen molar-refractivity contribution in [1.29, 1.82) is 0 Å². The highest BCUT2D eigenvalue weighted by atomic mass is 19.4. The van der Waals surface area contributed by atoms with Crippen LogP contribution < -0.4 is 4.90 Å². The zero-order valence-electron chi connectivity index (χ0n) is 11.4. The number of rotatable bonds is 4. The van der Waals surface area contributed by atoms with E-state index in [2.05, 4.69) is 4.74 Å². The normalized spacial score (nSPS) is 14.6. The molecule has 0 fully saturated rings. The topological polar surface area (TPSA) is 49.8 Å². The second-order valence-electron chi connectivity index (χ2n) is 4.37. The van der Waals surface area contributed by atoms with Gasteiger partial charge in [0, 0.05) is 25.3 Å². The molecule has 0 spiro atoms. The van der Waals surface area contributed by atoms with Crippen molar-refractivity contribution >= 4 is 11.7 Å². The molecule has 0 aliphatic rings. The van der Waals surface area contributed by atoms with Gasteiger partial charge in [0.25, 0.3) is 5.60 Å². The van der Waals surface area contributed by atoms with E-state index >= 15 is 0 Å². The summed E-state index contributed by atoms with van der Waals surface area (Å²) in [4.78, 5) is 13.2. The van der Waals surface area contributed by atoms with Crippen molar-refractivity contribution in [1.82, 2.24) is 0 Å². The molecule has 0 amide bonds. The van der Waals surface area contributed by atoms with Crippen LogP contribution in [0.1, 0.15) is 12.5 Å². The molecule has 0 saturated heterocycles. The number of alkyl halides is 3. The smallest absolute Gasteiger partial charge is 0.432 e. The molecule has 112 valence electrons. The zero-order valence-corrected chi connectivity index (χ0v) is 11.4. The molecule has 0 radical (unpaired) electrons. The van der Waals surface area contributed by atoms with E-state index in [1.807, 2.05) is 0 Å². The van der Waals surface area contributed by atoms with E-state index in [1.54, 1.807) is 19.0 Å². The lowest BCUT2D eigenvalue weighted by Gasteiger charge is -2.28. The summed E-state index contributed by atoms with van der Waals surface area (Å²) in [6.45, 7) is 1.11. The van der Waals surface area contributed by atoms with Gasteiger partial charge in [-0.2, -0.15) is 13.2 Å².